The van der Waals surface area contributed by atoms with E-state index in [0.717, 1.165) is 21.8 Å². The van der Waals surface area contributed by atoms with E-state index in [0.29, 0.717) is 31.0 Å². The first-order valence-corrected chi connectivity index (χ1v) is 14.4. The topological polar surface area (TPSA) is 114 Å². The van der Waals surface area contributed by atoms with Gasteiger partial charge in [0.05, 0.1) is 16.4 Å². The fraction of sp³-hybridized carbons (Fsp3) is 0.345. The maximum atomic E-state index is 13.7. The van der Waals surface area contributed by atoms with Crippen molar-refractivity contribution in [3.63, 3.8) is 0 Å². The lowest BCUT2D eigenvalue weighted by Gasteiger charge is -2.26. The summed E-state index contributed by atoms with van der Waals surface area (Å²) in [7, 11) is -2.26. The van der Waals surface area contributed by atoms with Crippen LogP contribution in [0.5, 0.6) is 0 Å². The molecule has 0 aliphatic carbocycles. The molecule has 0 amide bonds. The van der Waals surface area contributed by atoms with Crippen LogP contribution in [0.15, 0.2) is 92.5 Å². The highest BCUT2D eigenvalue weighted by molar-refractivity contribution is 7.89. The first-order chi connectivity index (χ1) is 18.6. The van der Waals surface area contributed by atoms with Gasteiger partial charge in [0.1, 0.15) is 11.4 Å². The summed E-state index contributed by atoms with van der Waals surface area (Å²) in [4.78, 5) is 18.3. The summed E-state index contributed by atoms with van der Waals surface area (Å²) in [6.45, 7) is 6.04. The van der Waals surface area contributed by atoms with Crippen molar-refractivity contribution >= 4 is 10.0 Å². The summed E-state index contributed by atoms with van der Waals surface area (Å²) in [5.74, 6) is 1.02. The van der Waals surface area contributed by atoms with Crippen molar-refractivity contribution in [2.45, 2.75) is 56.6 Å². The average Bonchev–Trinajstić information content (AvgIpc) is 3.50. The number of fused-ring (bicyclic) bond motifs is 1. The zero-order valence-corrected chi connectivity index (χ0v) is 23.3. The molecule has 2 unspecified atom stereocenters. The largest absolute Gasteiger partial charge is 0.338 e. The number of hydrogen-bond donors (Lipinski definition) is 0. The van der Waals surface area contributed by atoms with Crippen molar-refractivity contribution in [1.82, 2.24) is 19.4 Å². The Kier molecular flexibility index (Phi) is 7.42. The Morgan fingerprint density at radius 2 is 1.67 bits per heavy atom. The summed E-state index contributed by atoms with van der Waals surface area (Å²) >= 11 is 0. The van der Waals surface area contributed by atoms with Gasteiger partial charge in [-0.3, -0.25) is 15.0 Å². The Balaban J connectivity index is 1.35. The van der Waals surface area contributed by atoms with Gasteiger partial charge in [0.25, 0.3) is 0 Å². The SMILES string of the molecule is CC(C)CC(c1nc(Cc2ccccc2)no1)N(C)S(=O)(=O)c1ccc(CC2(C)N=c3ccncc3=N2)cc1. The van der Waals surface area contributed by atoms with Crippen molar-refractivity contribution in [2.75, 3.05) is 7.05 Å². The molecule has 1 aliphatic heterocycles. The van der Waals surface area contributed by atoms with Gasteiger partial charge in [-0.1, -0.05) is 61.5 Å². The Labute approximate surface area is 228 Å². The third-order valence-corrected chi connectivity index (χ3v) is 8.63. The summed E-state index contributed by atoms with van der Waals surface area (Å²) in [5, 5.41) is 5.72. The molecular weight excluding hydrogens is 512 g/mol. The zero-order valence-electron chi connectivity index (χ0n) is 22.5. The Morgan fingerprint density at radius 1 is 0.949 bits per heavy atom. The lowest BCUT2D eigenvalue weighted by atomic mass is 10.0. The molecule has 9 nitrogen and oxygen atoms in total. The Hall–Kier alpha value is -3.76. The third kappa shape index (κ3) is 5.97. The standard InChI is InChI=1S/C29H32N6O3S/c1-20(2)16-26(28-31-27(34-38-28)17-21-8-6-5-7-9-21)35(4)39(36,37)23-12-10-22(11-13-23)18-29(3)32-24-14-15-30-19-25(24)33-29/h5-15,19-20,26H,16-18H2,1-4H3. The van der Waals surface area contributed by atoms with Gasteiger partial charge in [0.15, 0.2) is 11.5 Å². The Bertz CT molecular complexity index is 1630. The second-order valence-corrected chi connectivity index (χ2v) is 12.5. The van der Waals surface area contributed by atoms with Gasteiger partial charge in [-0.05, 0) is 48.6 Å². The van der Waals surface area contributed by atoms with Crippen molar-refractivity contribution < 1.29 is 12.9 Å². The van der Waals surface area contributed by atoms with E-state index in [4.69, 9.17) is 14.5 Å². The monoisotopic (exact) mass is 544 g/mol. The zero-order chi connectivity index (χ0) is 27.6. The second-order valence-electron chi connectivity index (χ2n) is 10.5. The van der Waals surface area contributed by atoms with E-state index in [9.17, 15) is 8.42 Å². The molecule has 0 fully saturated rings. The van der Waals surface area contributed by atoms with Crippen LogP contribution >= 0.6 is 0 Å². The fourth-order valence-electron chi connectivity index (χ4n) is 4.79. The molecule has 39 heavy (non-hydrogen) atoms. The number of nitrogens with zero attached hydrogens (tertiary/aromatic N) is 6. The molecule has 4 aromatic rings. The van der Waals surface area contributed by atoms with Gasteiger partial charge in [-0.2, -0.15) is 9.29 Å². The number of sulfonamides is 1. The van der Waals surface area contributed by atoms with E-state index in [-0.39, 0.29) is 10.8 Å². The molecule has 0 spiro atoms. The summed E-state index contributed by atoms with van der Waals surface area (Å²) in [5.41, 5.74) is 1.34. The van der Waals surface area contributed by atoms with Crippen LogP contribution in [-0.4, -0.2) is 40.6 Å². The van der Waals surface area contributed by atoms with Crippen LogP contribution in [0.3, 0.4) is 0 Å². The number of rotatable bonds is 10. The van der Waals surface area contributed by atoms with Crippen LogP contribution in [-0.2, 0) is 22.9 Å². The van der Waals surface area contributed by atoms with Gasteiger partial charge >= 0.3 is 0 Å². The highest BCUT2D eigenvalue weighted by Gasteiger charge is 2.34. The number of hydrogen-bond acceptors (Lipinski definition) is 8. The third-order valence-electron chi connectivity index (χ3n) is 6.75. The van der Waals surface area contributed by atoms with Crippen LogP contribution in [0.4, 0.5) is 0 Å². The van der Waals surface area contributed by atoms with Gasteiger partial charge in [0.2, 0.25) is 15.9 Å². The molecule has 0 N–H and O–H groups in total. The molecular formula is C29H32N6O3S. The molecule has 2 aromatic carbocycles. The quantitative estimate of drug-likeness (QED) is 0.301. The van der Waals surface area contributed by atoms with Gasteiger partial charge in [-0.15, -0.1) is 0 Å². The van der Waals surface area contributed by atoms with Crippen LogP contribution < -0.4 is 10.7 Å². The molecule has 0 saturated carbocycles. The molecule has 0 bridgehead atoms. The number of benzene rings is 2. The van der Waals surface area contributed by atoms with E-state index < -0.39 is 21.7 Å². The maximum absolute atomic E-state index is 13.7. The van der Waals surface area contributed by atoms with Crippen LogP contribution in [0.25, 0.3) is 0 Å². The highest BCUT2D eigenvalue weighted by atomic mass is 32.2. The number of aromatic nitrogens is 3. The predicted molar refractivity (Wildman–Crippen MR) is 146 cm³/mol. The predicted octanol–water partition coefficient (Wildman–Crippen LogP) is 3.68. The Morgan fingerprint density at radius 3 is 2.36 bits per heavy atom. The molecule has 5 rings (SSSR count). The first-order valence-electron chi connectivity index (χ1n) is 13.0. The normalized spacial score (nSPS) is 17.6. The van der Waals surface area contributed by atoms with Gasteiger partial charge in [-0.25, -0.2) is 8.42 Å². The van der Waals surface area contributed by atoms with Crippen LogP contribution in [0.2, 0.25) is 0 Å². The van der Waals surface area contributed by atoms with Crippen molar-refractivity contribution in [3.8, 4) is 0 Å². The van der Waals surface area contributed by atoms with E-state index in [2.05, 4.69) is 15.1 Å². The minimum Gasteiger partial charge on any atom is -0.338 e. The lowest BCUT2D eigenvalue weighted by molar-refractivity contribution is 0.247. The minimum atomic E-state index is -3.83. The average molecular weight is 545 g/mol. The molecule has 3 heterocycles. The molecule has 0 radical (unpaired) electrons. The summed E-state index contributed by atoms with van der Waals surface area (Å²) in [6, 6.07) is 18.0. The van der Waals surface area contributed by atoms with Crippen molar-refractivity contribution in [2.24, 2.45) is 15.9 Å². The summed E-state index contributed by atoms with van der Waals surface area (Å²) < 4.78 is 34.3. The van der Waals surface area contributed by atoms with Gasteiger partial charge in [0, 0.05) is 26.1 Å². The minimum absolute atomic E-state index is 0.199. The van der Waals surface area contributed by atoms with E-state index >= 15 is 0 Å². The van der Waals surface area contributed by atoms with Crippen molar-refractivity contribution in [3.05, 3.63) is 107 Å². The molecule has 202 valence electrons. The van der Waals surface area contributed by atoms with E-state index in [1.807, 2.05) is 69.3 Å². The second kappa shape index (κ2) is 10.8. The van der Waals surface area contributed by atoms with E-state index in [1.54, 1.807) is 31.6 Å². The molecule has 10 heteroatoms. The molecule has 1 aliphatic rings. The van der Waals surface area contributed by atoms with Crippen molar-refractivity contribution in [1.29, 1.82) is 0 Å². The van der Waals surface area contributed by atoms with Gasteiger partial charge < -0.3 is 4.52 Å². The fourth-order valence-corrected chi connectivity index (χ4v) is 6.11. The smallest absolute Gasteiger partial charge is 0.245 e. The van der Waals surface area contributed by atoms with Crippen LogP contribution in [0, 0.1) is 5.92 Å². The highest BCUT2D eigenvalue weighted by Crippen LogP contribution is 2.31. The first kappa shape index (κ1) is 26.8. The molecule has 0 saturated heterocycles. The maximum Gasteiger partial charge on any atom is 0.245 e. The molecule has 2 atom stereocenters. The van der Waals surface area contributed by atoms with Crippen LogP contribution in [0.1, 0.15) is 56.1 Å². The molecule has 2 aromatic heterocycles. The lowest BCUT2D eigenvalue weighted by Crippen LogP contribution is -2.32. The summed E-state index contributed by atoms with van der Waals surface area (Å²) in [6.07, 6.45) is 5.00. The number of pyridine rings is 1. The van der Waals surface area contributed by atoms with E-state index in [1.165, 1.54) is 4.31 Å².